The number of hydrogen-bond acceptors (Lipinski definition) is 8. The molecule has 1 aromatic carbocycles. The number of ether oxygens (including phenoxy) is 1. The summed E-state index contributed by atoms with van der Waals surface area (Å²) in [4.78, 5) is 22.2. The monoisotopic (exact) mass is 513 g/mol. The molecule has 2 N–H and O–H groups in total. The largest absolute Gasteiger partial charge is 0.375 e. The van der Waals surface area contributed by atoms with E-state index in [2.05, 4.69) is 15.1 Å². The van der Waals surface area contributed by atoms with Gasteiger partial charge in [-0.25, -0.2) is 18.1 Å². The molecular formula is C24H31N7O4S. The summed E-state index contributed by atoms with van der Waals surface area (Å²) in [5.74, 6) is 0.286. The van der Waals surface area contributed by atoms with Crippen LogP contribution in [0.1, 0.15) is 42.1 Å². The molecule has 2 aromatic rings. The van der Waals surface area contributed by atoms with Gasteiger partial charge in [-0.2, -0.15) is 5.10 Å². The molecule has 36 heavy (non-hydrogen) atoms. The number of hydrogen-bond donors (Lipinski definition) is 2. The number of aromatic nitrogens is 2. The van der Waals surface area contributed by atoms with Gasteiger partial charge < -0.3 is 15.0 Å². The molecule has 1 saturated heterocycles. The van der Waals surface area contributed by atoms with Gasteiger partial charge in [0.1, 0.15) is 0 Å². The molecule has 11 nitrogen and oxygen atoms in total. The quantitative estimate of drug-likeness (QED) is 0.536. The number of aryl methyl sites for hydroxylation is 1. The molecule has 1 aliphatic carbocycles. The van der Waals surface area contributed by atoms with Crippen molar-refractivity contribution in [2.75, 3.05) is 31.1 Å². The van der Waals surface area contributed by atoms with Gasteiger partial charge in [-0.05, 0) is 50.9 Å². The number of aliphatic imine (C=N–C) groups is 1. The fourth-order valence-corrected chi connectivity index (χ4v) is 6.52. The molecule has 4 heterocycles. The standard InChI is InChI=1S/C24H31N7O4S/c1-24(6-7-24)28-36(33,34)19-3-4-21-20(9-19)22(32)30(14-16-10-27-29(2)13-16)23-26-11-17(31(21)23)15-35-18-5-8-25-12-18/h3-4,9-10,13,17-18,25,28H,5-8,11-12,14-15H2,1-2H3/t17-,18?/m0/s1. The van der Waals surface area contributed by atoms with Gasteiger partial charge >= 0.3 is 0 Å². The third-order valence-corrected chi connectivity index (χ3v) is 8.93. The van der Waals surface area contributed by atoms with Gasteiger partial charge in [0, 0.05) is 30.9 Å². The number of amides is 1. The number of carbonyl (C=O) groups excluding carboxylic acids is 1. The molecule has 2 atom stereocenters. The van der Waals surface area contributed by atoms with Crippen molar-refractivity contribution in [1.82, 2.24) is 24.7 Å². The zero-order valence-electron chi connectivity index (χ0n) is 20.5. The fourth-order valence-electron chi connectivity index (χ4n) is 5.02. The summed E-state index contributed by atoms with van der Waals surface area (Å²) in [5, 5.41) is 7.54. The molecule has 2 fully saturated rings. The molecule has 1 saturated carbocycles. The topological polar surface area (TPSA) is 121 Å². The minimum Gasteiger partial charge on any atom is -0.375 e. The molecule has 12 heteroatoms. The summed E-state index contributed by atoms with van der Waals surface area (Å²) in [6.07, 6.45) is 6.32. The number of fused-ring (bicyclic) bond motifs is 3. The predicted octanol–water partition coefficient (Wildman–Crippen LogP) is 0.830. The average Bonchev–Trinajstić information content (AvgIpc) is 3.28. The smallest absolute Gasteiger partial charge is 0.263 e. The summed E-state index contributed by atoms with van der Waals surface area (Å²) in [7, 11) is -1.93. The zero-order chi connectivity index (χ0) is 25.1. The van der Waals surface area contributed by atoms with E-state index >= 15 is 0 Å². The summed E-state index contributed by atoms with van der Waals surface area (Å²) in [5.41, 5.74) is 1.46. The first kappa shape index (κ1) is 23.6. The molecule has 1 unspecified atom stereocenters. The minimum absolute atomic E-state index is 0.0881. The first-order chi connectivity index (χ1) is 17.2. The summed E-state index contributed by atoms with van der Waals surface area (Å²) in [6.45, 7) is 4.91. The Hall–Kier alpha value is -2.80. The number of anilines is 1. The third kappa shape index (κ3) is 4.32. The van der Waals surface area contributed by atoms with E-state index in [0.29, 0.717) is 30.4 Å². The lowest BCUT2D eigenvalue weighted by molar-refractivity contribution is 0.0594. The summed E-state index contributed by atoms with van der Waals surface area (Å²) in [6, 6.07) is 4.71. The lowest BCUT2D eigenvalue weighted by Gasteiger charge is -2.38. The number of guanidine groups is 1. The van der Waals surface area contributed by atoms with Crippen LogP contribution in [-0.2, 0) is 28.4 Å². The van der Waals surface area contributed by atoms with Crippen molar-refractivity contribution in [2.45, 2.75) is 55.3 Å². The SMILES string of the molecule is Cn1cc(CN2C(=O)c3cc(S(=O)(=O)NC4(C)CC4)ccc3N3C2=NC[C@H]3COC2CCNC2)cn1. The van der Waals surface area contributed by atoms with Gasteiger partial charge in [0.05, 0.1) is 54.2 Å². The number of benzene rings is 1. The van der Waals surface area contributed by atoms with Gasteiger partial charge in [-0.15, -0.1) is 0 Å². The second-order valence-corrected chi connectivity index (χ2v) is 12.1. The van der Waals surface area contributed by atoms with E-state index in [-0.39, 0.29) is 29.5 Å². The molecule has 6 rings (SSSR count). The van der Waals surface area contributed by atoms with Crippen LogP contribution in [0.4, 0.5) is 5.69 Å². The Bertz CT molecular complexity index is 1330. The van der Waals surface area contributed by atoms with Gasteiger partial charge in [-0.1, -0.05) is 0 Å². The van der Waals surface area contributed by atoms with Crippen LogP contribution >= 0.6 is 0 Å². The average molecular weight is 514 g/mol. The molecule has 1 aromatic heterocycles. The van der Waals surface area contributed by atoms with Gasteiger partial charge in [0.2, 0.25) is 16.0 Å². The third-order valence-electron chi connectivity index (χ3n) is 7.30. The van der Waals surface area contributed by atoms with Crippen LogP contribution in [0.2, 0.25) is 0 Å². The maximum absolute atomic E-state index is 13.8. The van der Waals surface area contributed by atoms with Gasteiger partial charge in [0.15, 0.2) is 0 Å². The highest BCUT2D eigenvalue weighted by molar-refractivity contribution is 7.89. The number of carbonyl (C=O) groups is 1. The maximum Gasteiger partial charge on any atom is 0.263 e. The molecule has 0 spiro atoms. The Balaban J connectivity index is 1.35. The second-order valence-electron chi connectivity index (χ2n) is 10.4. The van der Waals surface area contributed by atoms with Crippen molar-refractivity contribution in [3.05, 3.63) is 41.7 Å². The number of nitrogens with one attached hydrogen (secondary N) is 2. The summed E-state index contributed by atoms with van der Waals surface area (Å²) < 4.78 is 36.8. The molecule has 192 valence electrons. The highest BCUT2D eigenvalue weighted by Gasteiger charge is 2.44. The molecule has 1 amide bonds. The summed E-state index contributed by atoms with van der Waals surface area (Å²) >= 11 is 0. The first-order valence-corrected chi connectivity index (χ1v) is 13.8. The lowest BCUT2D eigenvalue weighted by atomic mass is 10.1. The van der Waals surface area contributed by atoms with Gasteiger partial charge in [0.25, 0.3) is 5.91 Å². The number of sulfonamides is 1. The van der Waals surface area contributed by atoms with E-state index in [1.807, 2.05) is 25.1 Å². The van der Waals surface area contributed by atoms with E-state index in [1.54, 1.807) is 27.9 Å². The Kier molecular flexibility index (Phi) is 5.67. The zero-order valence-corrected chi connectivity index (χ0v) is 21.3. The van der Waals surface area contributed by atoms with Crippen molar-refractivity contribution in [1.29, 1.82) is 0 Å². The highest BCUT2D eigenvalue weighted by Crippen LogP contribution is 2.38. The van der Waals surface area contributed by atoms with Crippen molar-refractivity contribution >= 4 is 27.6 Å². The van der Waals surface area contributed by atoms with Crippen LogP contribution in [0, 0.1) is 0 Å². The molecule has 0 bridgehead atoms. The van der Waals surface area contributed by atoms with Crippen LogP contribution in [0.3, 0.4) is 0 Å². The van der Waals surface area contributed by atoms with Crippen molar-refractivity contribution < 1.29 is 17.9 Å². The maximum atomic E-state index is 13.8. The Morgan fingerprint density at radius 1 is 1.31 bits per heavy atom. The van der Waals surface area contributed by atoms with E-state index in [9.17, 15) is 13.2 Å². The molecular weight excluding hydrogens is 482 g/mol. The Morgan fingerprint density at radius 2 is 2.14 bits per heavy atom. The van der Waals surface area contributed by atoms with Crippen LogP contribution < -0.4 is 14.9 Å². The van der Waals surface area contributed by atoms with Gasteiger partial charge in [-0.3, -0.25) is 14.4 Å². The fraction of sp³-hybridized carbons (Fsp3) is 0.542. The van der Waals surface area contributed by atoms with Crippen molar-refractivity contribution in [2.24, 2.45) is 12.0 Å². The molecule has 3 aliphatic heterocycles. The molecule has 0 radical (unpaired) electrons. The van der Waals surface area contributed by atoms with Crippen LogP contribution in [0.15, 0.2) is 40.5 Å². The van der Waals surface area contributed by atoms with E-state index in [1.165, 1.54) is 6.07 Å². The first-order valence-electron chi connectivity index (χ1n) is 12.4. The number of nitrogens with zero attached hydrogens (tertiary/aromatic N) is 5. The lowest BCUT2D eigenvalue weighted by Crippen LogP contribution is -2.53. The van der Waals surface area contributed by atoms with Crippen LogP contribution in [-0.4, -0.2) is 78.9 Å². The van der Waals surface area contributed by atoms with E-state index < -0.39 is 15.6 Å². The highest BCUT2D eigenvalue weighted by atomic mass is 32.2. The van der Waals surface area contributed by atoms with E-state index in [4.69, 9.17) is 9.73 Å². The van der Waals surface area contributed by atoms with E-state index in [0.717, 1.165) is 37.9 Å². The molecule has 4 aliphatic rings. The second kappa shape index (κ2) is 8.65. The Labute approximate surface area is 210 Å². The van der Waals surface area contributed by atoms with Crippen LogP contribution in [0.25, 0.3) is 0 Å². The minimum atomic E-state index is -3.76. The predicted molar refractivity (Wildman–Crippen MR) is 133 cm³/mol. The van der Waals surface area contributed by atoms with Crippen molar-refractivity contribution in [3.63, 3.8) is 0 Å². The number of rotatable bonds is 8. The normalized spacial score (nSPS) is 24.6. The van der Waals surface area contributed by atoms with Crippen molar-refractivity contribution in [3.8, 4) is 0 Å². The Morgan fingerprint density at radius 3 is 2.83 bits per heavy atom. The van der Waals surface area contributed by atoms with Crippen LogP contribution in [0.5, 0.6) is 0 Å².